The Labute approximate surface area is 202 Å². The molecule has 2 aliphatic heterocycles. The van der Waals surface area contributed by atoms with Crippen LogP contribution in [-0.2, 0) is 5.54 Å². The second kappa shape index (κ2) is 8.23. The highest BCUT2D eigenvalue weighted by atomic mass is 16.2. The normalized spacial score (nSPS) is 15.1. The SMILES string of the molecule is O=C1c2ccccc2C(=O)N1N1N=CN(C(c2ccccc2)(c2ccccc2)c2ccccc2)N1. The first-order valence-electron chi connectivity index (χ1n) is 11.3. The molecule has 0 fully saturated rings. The van der Waals surface area contributed by atoms with Crippen LogP contribution in [0.5, 0.6) is 0 Å². The Morgan fingerprint density at radius 3 is 1.40 bits per heavy atom. The Balaban J connectivity index is 1.47. The van der Waals surface area contributed by atoms with Crippen LogP contribution in [-0.4, -0.2) is 33.4 Å². The van der Waals surface area contributed by atoms with Crippen LogP contribution >= 0.6 is 0 Å². The zero-order valence-electron chi connectivity index (χ0n) is 18.7. The maximum absolute atomic E-state index is 13.1. The lowest BCUT2D eigenvalue weighted by atomic mass is 9.76. The summed E-state index contributed by atoms with van der Waals surface area (Å²) >= 11 is 0. The summed E-state index contributed by atoms with van der Waals surface area (Å²) in [6.07, 6.45) is 1.61. The Morgan fingerprint density at radius 2 is 0.971 bits per heavy atom. The number of hydrogen-bond acceptors (Lipinski definition) is 6. The Hall–Kier alpha value is -4.75. The highest BCUT2D eigenvalue weighted by Gasteiger charge is 2.47. The summed E-state index contributed by atoms with van der Waals surface area (Å²) in [5.74, 6) is -0.858. The van der Waals surface area contributed by atoms with Crippen molar-refractivity contribution in [3.05, 3.63) is 143 Å². The number of amides is 2. The van der Waals surface area contributed by atoms with Crippen LogP contribution in [0.4, 0.5) is 0 Å². The van der Waals surface area contributed by atoms with Gasteiger partial charge in [0.2, 0.25) is 0 Å². The van der Waals surface area contributed by atoms with Crippen LogP contribution in [0.15, 0.2) is 120 Å². The minimum atomic E-state index is -0.847. The highest BCUT2D eigenvalue weighted by molar-refractivity contribution is 6.20. The van der Waals surface area contributed by atoms with Gasteiger partial charge in [-0.1, -0.05) is 108 Å². The summed E-state index contributed by atoms with van der Waals surface area (Å²) in [4.78, 5) is 26.2. The van der Waals surface area contributed by atoms with Crippen molar-refractivity contribution in [2.45, 2.75) is 5.54 Å². The van der Waals surface area contributed by atoms with Crippen molar-refractivity contribution >= 4 is 18.2 Å². The molecule has 6 rings (SSSR count). The average molecular weight is 460 g/mol. The third-order valence-electron chi connectivity index (χ3n) is 6.37. The van der Waals surface area contributed by atoms with Crippen molar-refractivity contribution in [2.24, 2.45) is 5.10 Å². The van der Waals surface area contributed by atoms with Gasteiger partial charge in [-0.05, 0) is 28.8 Å². The van der Waals surface area contributed by atoms with Gasteiger partial charge in [0, 0.05) is 0 Å². The topological polar surface area (TPSA) is 68.2 Å². The van der Waals surface area contributed by atoms with Crippen molar-refractivity contribution in [3.63, 3.8) is 0 Å². The summed E-state index contributed by atoms with van der Waals surface area (Å²) in [7, 11) is 0. The molecule has 0 aromatic heterocycles. The number of benzene rings is 4. The van der Waals surface area contributed by atoms with Crippen molar-refractivity contribution < 1.29 is 9.59 Å². The molecule has 170 valence electrons. The Bertz CT molecular complexity index is 1290. The van der Waals surface area contributed by atoms with E-state index in [1.165, 1.54) is 5.23 Å². The third kappa shape index (κ3) is 3.13. The van der Waals surface area contributed by atoms with Gasteiger partial charge in [0.25, 0.3) is 11.8 Å². The number of carbonyl (C=O) groups excluding carboxylic acids is 2. The smallest absolute Gasteiger partial charge is 0.267 e. The average Bonchev–Trinajstić information content (AvgIpc) is 3.50. The molecular formula is C28H21N5O2. The van der Waals surface area contributed by atoms with Gasteiger partial charge in [0.1, 0.15) is 11.9 Å². The van der Waals surface area contributed by atoms with Gasteiger partial charge in [-0.15, -0.1) is 15.6 Å². The van der Waals surface area contributed by atoms with Gasteiger partial charge in [0.15, 0.2) is 0 Å². The first kappa shape index (κ1) is 20.8. The fourth-order valence-corrected chi connectivity index (χ4v) is 4.81. The van der Waals surface area contributed by atoms with Gasteiger partial charge >= 0.3 is 0 Å². The Kier molecular flexibility index (Phi) is 4.90. The molecule has 0 aliphatic carbocycles. The molecule has 0 unspecified atom stereocenters. The predicted octanol–water partition coefficient (Wildman–Crippen LogP) is 4.17. The number of nitrogens with zero attached hydrogens (tertiary/aromatic N) is 4. The highest BCUT2D eigenvalue weighted by Crippen LogP contribution is 2.42. The molecule has 4 aromatic rings. The molecule has 2 heterocycles. The quantitative estimate of drug-likeness (QED) is 0.358. The van der Waals surface area contributed by atoms with Gasteiger partial charge in [0.05, 0.1) is 11.1 Å². The number of hydrogen-bond donors (Lipinski definition) is 1. The van der Waals surface area contributed by atoms with Gasteiger partial charge < -0.3 is 0 Å². The minimum absolute atomic E-state index is 0.355. The van der Waals surface area contributed by atoms with Crippen molar-refractivity contribution in [2.75, 3.05) is 0 Å². The summed E-state index contributed by atoms with van der Waals surface area (Å²) in [6.45, 7) is 0. The number of carbonyl (C=O) groups is 2. The molecule has 7 heteroatoms. The largest absolute Gasteiger partial charge is 0.283 e. The van der Waals surface area contributed by atoms with E-state index >= 15 is 0 Å². The van der Waals surface area contributed by atoms with Crippen LogP contribution in [0.2, 0.25) is 0 Å². The molecule has 0 saturated heterocycles. The molecule has 4 aromatic carbocycles. The maximum atomic E-state index is 13.1. The molecular weight excluding hydrogens is 438 g/mol. The van der Waals surface area contributed by atoms with Crippen molar-refractivity contribution in [3.8, 4) is 0 Å². The van der Waals surface area contributed by atoms with Gasteiger partial charge in [-0.25, -0.2) is 0 Å². The monoisotopic (exact) mass is 459 g/mol. The predicted molar refractivity (Wildman–Crippen MR) is 131 cm³/mol. The van der Waals surface area contributed by atoms with E-state index in [0.29, 0.717) is 11.1 Å². The van der Waals surface area contributed by atoms with E-state index in [1.54, 1.807) is 30.6 Å². The first-order chi connectivity index (χ1) is 17.2. The Morgan fingerprint density at radius 1 is 0.571 bits per heavy atom. The zero-order valence-corrected chi connectivity index (χ0v) is 18.7. The third-order valence-corrected chi connectivity index (χ3v) is 6.37. The fourth-order valence-electron chi connectivity index (χ4n) is 4.81. The minimum Gasteiger partial charge on any atom is -0.267 e. The summed E-state index contributed by atoms with van der Waals surface area (Å²) < 4.78 is 0. The lowest BCUT2D eigenvalue weighted by molar-refractivity contribution is -0.0597. The van der Waals surface area contributed by atoms with E-state index in [2.05, 4.69) is 47.0 Å². The lowest BCUT2D eigenvalue weighted by Gasteiger charge is -2.43. The number of imide groups is 1. The van der Waals surface area contributed by atoms with E-state index in [4.69, 9.17) is 0 Å². The molecule has 1 N–H and O–H groups in total. The number of hydrazone groups is 1. The van der Waals surface area contributed by atoms with Gasteiger partial charge in [-0.2, -0.15) is 0 Å². The van der Waals surface area contributed by atoms with Crippen LogP contribution in [0, 0.1) is 0 Å². The number of hydrazine groups is 3. The lowest BCUT2D eigenvalue weighted by Crippen LogP contribution is -2.58. The molecule has 7 nitrogen and oxygen atoms in total. The second-order valence-electron chi connectivity index (χ2n) is 8.27. The van der Waals surface area contributed by atoms with Gasteiger partial charge in [-0.3, -0.25) is 14.6 Å². The second-order valence-corrected chi connectivity index (χ2v) is 8.27. The zero-order chi connectivity index (χ0) is 23.8. The van der Waals surface area contributed by atoms with E-state index in [0.717, 1.165) is 21.7 Å². The van der Waals surface area contributed by atoms with E-state index in [1.807, 2.05) is 59.6 Å². The summed E-state index contributed by atoms with van der Waals surface area (Å²) in [6, 6.07) is 37.0. The van der Waals surface area contributed by atoms with Crippen molar-refractivity contribution in [1.29, 1.82) is 0 Å². The van der Waals surface area contributed by atoms with Crippen molar-refractivity contribution in [1.82, 2.24) is 20.8 Å². The molecule has 0 spiro atoms. The molecule has 0 radical (unpaired) electrons. The summed E-state index contributed by atoms with van der Waals surface area (Å²) in [5, 5.41) is 8.49. The van der Waals surface area contributed by atoms with E-state index in [-0.39, 0.29) is 0 Å². The maximum Gasteiger partial charge on any atom is 0.283 e. The van der Waals surface area contributed by atoms with Crippen LogP contribution in [0.3, 0.4) is 0 Å². The molecule has 35 heavy (non-hydrogen) atoms. The molecule has 0 atom stereocenters. The molecule has 0 saturated carbocycles. The van der Waals surface area contributed by atoms with Crippen LogP contribution in [0.25, 0.3) is 0 Å². The number of rotatable bonds is 5. The molecule has 0 bridgehead atoms. The fraction of sp³-hybridized carbons (Fsp3) is 0.0357. The summed E-state index contributed by atoms with van der Waals surface area (Å²) in [5.41, 5.74) is 6.02. The molecule has 2 aliphatic rings. The van der Waals surface area contributed by atoms with Crippen LogP contribution < -0.4 is 5.53 Å². The molecule has 2 amide bonds. The standard InChI is InChI=1S/C28H21N5O2/c34-26-24-18-10-11-19-25(24)27(35)32(26)33-29-20-31(30-33)28(21-12-4-1-5-13-21,22-14-6-2-7-15-22)23-16-8-3-9-17-23/h1-20,30H. The number of fused-ring (bicyclic) bond motifs is 1. The van der Waals surface area contributed by atoms with Crippen LogP contribution in [0.1, 0.15) is 37.4 Å². The van der Waals surface area contributed by atoms with E-state index < -0.39 is 17.4 Å². The van der Waals surface area contributed by atoms with E-state index in [9.17, 15) is 9.59 Å². The first-order valence-corrected chi connectivity index (χ1v) is 11.3. The number of nitrogens with one attached hydrogen (secondary N) is 1.